The van der Waals surface area contributed by atoms with E-state index in [1.807, 2.05) is 0 Å². The molecule has 1 rings (SSSR count). The molecule has 0 aromatic heterocycles. The van der Waals surface area contributed by atoms with Crippen LogP contribution in [-0.2, 0) is 9.22 Å². The molecule has 5 heteroatoms. The Balaban J connectivity index is 2.30. The predicted molar refractivity (Wildman–Crippen MR) is 97.0 cm³/mol. The first-order chi connectivity index (χ1) is 10.2. The van der Waals surface area contributed by atoms with Crippen molar-refractivity contribution in [1.29, 1.82) is 0 Å². The number of hydrogen-bond donors (Lipinski definition) is 1. The van der Waals surface area contributed by atoms with Gasteiger partial charge in [0.25, 0.3) is 0 Å². The maximum absolute atomic E-state index is 11.8. The van der Waals surface area contributed by atoms with E-state index < -0.39 is 8.32 Å². The van der Waals surface area contributed by atoms with Crippen molar-refractivity contribution >= 4 is 25.8 Å². The minimum Gasteiger partial charge on any atom is -0.414 e. The van der Waals surface area contributed by atoms with Crippen molar-refractivity contribution in [1.82, 2.24) is 5.32 Å². The van der Waals surface area contributed by atoms with Crippen LogP contribution in [0.5, 0.6) is 0 Å². The Morgan fingerprint density at radius 2 is 1.77 bits per heavy atom. The SMILES string of the molecule is CC(C)(C)[Si](C)(C)OC1CCC(NC(=O)CCCCCl)CC1. The van der Waals surface area contributed by atoms with Crippen molar-refractivity contribution in [3.63, 3.8) is 0 Å². The molecule has 0 heterocycles. The highest BCUT2D eigenvalue weighted by Gasteiger charge is 2.39. The summed E-state index contributed by atoms with van der Waals surface area (Å²) in [6, 6.07) is 0.336. The normalized spacial score (nSPS) is 23.4. The summed E-state index contributed by atoms with van der Waals surface area (Å²) < 4.78 is 6.49. The second-order valence-electron chi connectivity index (χ2n) is 8.07. The Kier molecular flexibility index (Phi) is 7.90. The molecule has 1 amide bonds. The van der Waals surface area contributed by atoms with Crippen LogP contribution in [0.4, 0.5) is 0 Å². The van der Waals surface area contributed by atoms with E-state index >= 15 is 0 Å². The third-order valence-electron chi connectivity index (χ3n) is 5.09. The lowest BCUT2D eigenvalue weighted by molar-refractivity contribution is -0.122. The Bertz CT molecular complexity index is 347. The highest BCUT2D eigenvalue weighted by molar-refractivity contribution is 6.74. The van der Waals surface area contributed by atoms with E-state index in [2.05, 4.69) is 39.2 Å². The highest BCUT2D eigenvalue weighted by atomic mass is 35.5. The van der Waals surface area contributed by atoms with Gasteiger partial charge >= 0.3 is 0 Å². The molecule has 130 valence electrons. The number of hydrogen-bond acceptors (Lipinski definition) is 2. The number of rotatable bonds is 7. The Labute approximate surface area is 142 Å². The molecule has 1 N–H and O–H groups in total. The Morgan fingerprint density at radius 3 is 2.27 bits per heavy atom. The molecule has 0 saturated heterocycles. The molecule has 1 aliphatic carbocycles. The summed E-state index contributed by atoms with van der Waals surface area (Å²) in [4.78, 5) is 11.8. The second kappa shape index (κ2) is 8.70. The van der Waals surface area contributed by atoms with Crippen molar-refractivity contribution < 1.29 is 9.22 Å². The van der Waals surface area contributed by atoms with E-state index in [4.69, 9.17) is 16.0 Å². The van der Waals surface area contributed by atoms with E-state index in [-0.39, 0.29) is 10.9 Å². The van der Waals surface area contributed by atoms with Gasteiger partial charge in [-0.15, -0.1) is 11.6 Å². The molecular formula is C17H34ClNO2Si. The van der Waals surface area contributed by atoms with Gasteiger partial charge in [0.1, 0.15) is 0 Å². The zero-order valence-electron chi connectivity index (χ0n) is 15.0. The van der Waals surface area contributed by atoms with Gasteiger partial charge in [0.15, 0.2) is 8.32 Å². The molecule has 0 unspecified atom stereocenters. The van der Waals surface area contributed by atoms with E-state index in [0.29, 0.717) is 24.4 Å². The van der Waals surface area contributed by atoms with Crippen molar-refractivity contribution in [2.45, 2.75) is 96.0 Å². The quantitative estimate of drug-likeness (QED) is 0.406. The smallest absolute Gasteiger partial charge is 0.220 e. The lowest BCUT2D eigenvalue weighted by atomic mass is 9.93. The number of nitrogens with one attached hydrogen (secondary N) is 1. The number of unbranched alkanes of at least 4 members (excludes halogenated alkanes) is 1. The van der Waals surface area contributed by atoms with E-state index in [9.17, 15) is 4.79 Å². The zero-order valence-corrected chi connectivity index (χ0v) is 16.8. The van der Waals surface area contributed by atoms with Crippen LogP contribution < -0.4 is 5.32 Å². The van der Waals surface area contributed by atoms with Crippen LogP contribution in [0.15, 0.2) is 0 Å². The van der Waals surface area contributed by atoms with Gasteiger partial charge in [0.2, 0.25) is 5.91 Å². The lowest BCUT2D eigenvalue weighted by Gasteiger charge is -2.41. The van der Waals surface area contributed by atoms with Crippen LogP contribution >= 0.6 is 11.6 Å². The summed E-state index contributed by atoms with van der Waals surface area (Å²) in [5.41, 5.74) is 0. The first-order valence-corrected chi connectivity index (χ1v) is 12.1. The van der Waals surface area contributed by atoms with E-state index in [0.717, 1.165) is 38.5 Å². The van der Waals surface area contributed by atoms with Crippen LogP contribution in [0, 0.1) is 0 Å². The molecule has 1 saturated carbocycles. The number of alkyl halides is 1. The topological polar surface area (TPSA) is 38.3 Å². The molecule has 0 spiro atoms. The van der Waals surface area contributed by atoms with Gasteiger partial charge in [-0.2, -0.15) is 0 Å². The Morgan fingerprint density at radius 1 is 1.18 bits per heavy atom. The van der Waals surface area contributed by atoms with E-state index in [1.54, 1.807) is 0 Å². The number of carbonyl (C=O) groups is 1. The molecule has 0 radical (unpaired) electrons. The Hall–Kier alpha value is -0.0631. The summed E-state index contributed by atoms with van der Waals surface area (Å²) in [7, 11) is -1.67. The largest absolute Gasteiger partial charge is 0.414 e. The fourth-order valence-electron chi connectivity index (χ4n) is 2.60. The standard InChI is InChI=1S/C17H34ClNO2Si/c1-17(2,3)22(4,5)21-15-11-9-14(10-12-15)19-16(20)8-6-7-13-18/h14-15H,6-13H2,1-5H3,(H,19,20). The molecule has 3 nitrogen and oxygen atoms in total. The molecule has 0 aromatic rings. The highest BCUT2D eigenvalue weighted by Crippen LogP contribution is 2.39. The fourth-order valence-corrected chi connectivity index (χ4v) is 4.21. The van der Waals surface area contributed by atoms with Crippen molar-refractivity contribution in [3.05, 3.63) is 0 Å². The predicted octanol–water partition coefficient (Wildman–Crippen LogP) is 4.84. The van der Waals surface area contributed by atoms with Crippen molar-refractivity contribution in [3.8, 4) is 0 Å². The van der Waals surface area contributed by atoms with Crippen LogP contribution in [0.2, 0.25) is 18.1 Å². The minimum absolute atomic E-state index is 0.180. The average Bonchev–Trinajstić information content (AvgIpc) is 2.40. The zero-order chi connectivity index (χ0) is 16.8. The van der Waals surface area contributed by atoms with Crippen molar-refractivity contribution in [2.75, 3.05) is 5.88 Å². The van der Waals surface area contributed by atoms with Gasteiger partial charge in [-0.25, -0.2) is 0 Å². The third-order valence-corrected chi connectivity index (χ3v) is 9.90. The molecule has 1 fully saturated rings. The second-order valence-corrected chi connectivity index (χ2v) is 13.2. The van der Waals surface area contributed by atoms with Gasteiger partial charge in [0.05, 0.1) is 0 Å². The summed E-state index contributed by atoms with van der Waals surface area (Å²) >= 11 is 5.64. The summed E-state index contributed by atoms with van der Waals surface area (Å²) in [5, 5.41) is 3.43. The van der Waals surface area contributed by atoms with Gasteiger partial charge < -0.3 is 9.74 Å². The van der Waals surface area contributed by atoms with Crippen LogP contribution in [0.25, 0.3) is 0 Å². The molecule has 0 bridgehead atoms. The summed E-state index contributed by atoms with van der Waals surface area (Å²) in [6.45, 7) is 11.5. The molecular weight excluding hydrogens is 314 g/mol. The number of amides is 1. The molecule has 1 aliphatic rings. The average molecular weight is 348 g/mol. The number of halogens is 1. The first-order valence-electron chi connectivity index (χ1n) is 8.69. The van der Waals surface area contributed by atoms with Crippen LogP contribution in [-0.4, -0.2) is 32.3 Å². The molecule has 0 atom stereocenters. The van der Waals surface area contributed by atoms with Gasteiger partial charge in [-0.05, 0) is 56.7 Å². The van der Waals surface area contributed by atoms with Gasteiger partial charge in [-0.3, -0.25) is 4.79 Å². The third kappa shape index (κ3) is 6.59. The van der Waals surface area contributed by atoms with Crippen molar-refractivity contribution in [2.24, 2.45) is 0 Å². The fraction of sp³-hybridized carbons (Fsp3) is 0.941. The molecule has 0 aromatic carbocycles. The summed E-state index contributed by atoms with van der Waals surface area (Å²) in [5.74, 6) is 0.822. The van der Waals surface area contributed by atoms with Crippen LogP contribution in [0.1, 0.15) is 65.7 Å². The van der Waals surface area contributed by atoms with Gasteiger partial charge in [-0.1, -0.05) is 20.8 Å². The minimum atomic E-state index is -1.67. The molecule has 22 heavy (non-hydrogen) atoms. The molecule has 0 aliphatic heterocycles. The maximum atomic E-state index is 11.8. The number of carbonyl (C=O) groups excluding carboxylic acids is 1. The first kappa shape index (κ1) is 20.0. The monoisotopic (exact) mass is 347 g/mol. The maximum Gasteiger partial charge on any atom is 0.220 e. The van der Waals surface area contributed by atoms with Crippen LogP contribution in [0.3, 0.4) is 0 Å². The summed E-state index contributed by atoms with van der Waals surface area (Å²) in [6.07, 6.45) is 7.01. The van der Waals surface area contributed by atoms with Gasteiger partial charge in [0, 0.05) is 24.4 Å². The lowest BCUT2D eigenvalue weighted by Crippen LogP contribution is -2.46. The van der Waals surface area contributed by atoms with E-state index in [1.165, 1.54) is 0 Å².